The molecular weight excluding hydrogens is 507 g/mol. The van der Waals surface area contributed by atoms with Crippen LogP contribution in [-0.2, 0) is 11.0 Å². The number of anilines is 2. The van der Waals surface area contributed by atoms with Gasteiger partial charge in [-0.05, 0) is 56.2 Å². The SMILES string of the molecule is CC(C)[C@]1(C(=O)N2CCN(c3cc(C(F)(F)F)ccn3)CC2)CC[C@@H](NC2CCCN(c3ncccn3)C2)C1. The van der Waals surface area contributed by atoms with Crippen molar-refractivity contribution in [1.29, 1.82) is 0 Å². The average Bonchev–Trinajstić information content (AvgIpc) is 3.38. The van der Waals surface area contributed by atoms with Crippen molar-refractivity contribution < 1.29 is 18.0 Å². The largest absolute Gasteiger partial charge is 0.416 e. The molecule has 4 heterocycles. The predicted molar refractivity (Wildman–Crippen MR) is 143 cm³/mol. The molecule has 1 amide bonds. The van der Waals surface area contributed by atoms with E-state index >= 15 is 0 Å². The summed E-state index contributed by atoms with van der Waals surface area (Å²) in [5.74, 6) is 1.45. The quantitative estimate of drug-likeness (QED) is 0.588. The van der Waals surface area contributed by atoms with Gasteiger partial charge in [-0.2, -0.15) is 13.2 Å². The number of piperazine rings is 1. The Morgan fingerprint density at radius 3 is 2.44 bits per heavy atom. The Morgan fingerprint density at radius 2 is 1.74 bits per heavy atom. The van der Waals surface area contributed by atoms with E-state index in [1.807, 2.05) is 15.9 Å². The Kier molecular flexibility index (Phi) is 7.98. The van der Waals surface area contributed by atoms with Gasteiger partial charge in [0.15, 0.2) is 0 Å². The summed E-state index contributed by atoms with van der Waals surface area (Å²) in [6.07, 6.45) is 5.10. The van der Waals surface area contributed by atoms with E-state index in [0.717, 1.165) is 63.3 Å². The summed E-state index contributed by atoms with van der Waals surface area (Å²) in [6.45, 7) is 7.98. The van der Waals surface area contributed by atoms with Crippen molar-refractivity contribution in [3.05, 3.63) is 42.4 Å². The number of halogens is 3. The molecule has 0 bridgehead atoms. The van der Waals surface area contributed by atoms with Gasteiger partial charge < -0.3 is 20.0 Å². The molecule has 212 valence electrons. The zero-order valence-corrected chi connectivity index (χ0v) is 22.7. The summed E-state index contributed by atoms with van der Waals surface area (Å²) in [5.41, 5.74) is -1.13. The van der Waals surface area contributed by atoms with Gasteiger partial charge in [-0.15, -0.1) is 0 Å². The van der Waals surface area contributed by atoms with Gasteiger partial charge in [0.25, 0.3) is 0 Å². The first-order valence-electron chi connectivity index (χ1n) is 14.0. The highest BCUT2D eigenvalue weighted by atomic mass is 19.4. The molecule has 8 nitrogen and oxygen atoms in total. The highest BCUT2D eigenvalue weighted by Gasteiger charge is 2.50. The number of hydrogen-bond donors (Lipinski definition) is 1. The van der Waals surface area contributed by atoms with Crippen LogP contribution in [0, 0.1) is 11.3 Å². The van der Waals surface area contributed by atoms with Gasteiger partial charge in [-0.25, -0.2) is 15.0 Å². The minimum atomic E-state index is -4.41. The number of carbonyl (C=O) groups is 1. The fourth-order valence-electron chi connectivity index (χ4n) is 6.49. The lowest BCUT2D eigenvalue weighted by Crippen LogP contribution is -2.55. The summed E-state index contributed by atoms with van der Waals surface area (Å²) < 4.78 is 39.5. The third kappa shape index (κ3) is 5.97. The first-order valence-corrected chi connectivity index (χ1v) is 14.0. The van der Waals surface area contributed by atoms with E-state index in [1.54, 1.807) is 12.4 Å². The van der Waals surface area contributed by atoms with E-state index in [2.05, 4.69) is 39.0 Å². The van der Waals surface area contributed by atoms with Gasteiger partial charge >= 0.3 is 6.18 Å². The molecule has 39 heavy (non-hydrogen) atoms. The molecular formula is C28H38F3N7O. The van der Waals surface area contributed by atoms with Gasteiger partial charge in [-0.3, -0.25) is 4.79 Å². The number of alkyl halides is 3. The highest BCUT2D eigenvalue weighted by Crippen LogP contribution is 2.46. The van der Waals surface area contributed by atoms with E-state index in [-0.39, 0.29) is 17.9 Å². The van der Waals surface area contributed by atoms with Gasteiger partial charge in [-0.1, -0.05) is 13.8 Å². The number of pyridine rings is 1. The van der Waals surface area contributed by atoms with Crippen LogP contribution >= 0.6 is 0 Å². The van der Waals surface area contributed by atoms with Crippen LogP contribution in [0.25, 0.3) is 0 Å². The maximum absolute atomic E-state index is 14.0. The lowest BCUT2D eigenvalue weighted by atomic mass is 9.74. The first-order chi connectivity index (χ1) is 18.7. The van der Waals surface area contributed by atoms with E-state index < -0.39 is 17.2 Å². The number of nitrogens with one attached hydrogen (secondary N) is 1. The van der Waals surface area contributed by atoms with Crippen LogP contribution in [0.15, 0.2) is 36.8 Å². The maximum atomic E-state index is 14.0. The van der Waals surface area contributed by atoms with Crippen LogP contribution in [-0.4, -0.2) is 77.1 Å². The molecule has 0 aromatic carbocycles. The number of rotatable bonds is 6. The minimum absolute atomic E-state index is 0.182. The smallest absolute Gasteiger partial charge is 0.353 e. The second-order valence-corrected chi connectivity index (χ2v) is 11.4. The second-order valence-electron chi connectivity index (χ2n) is 11.4. The molecule has 1 N–H and O–H groups in total. The highest BCUT2D eigenvalue weighted by molar-refractivity contribution is 5.84. The van der Waals surface area contributed by atoms with Crippen molar-refractivity contribution in [3.63, 3.8) is 0 Å². The maximum Gasteiger partial charge on any atom is 0.416 e. The predicted octanol–water partition coefficient (Wildman–Crippen LogP) is 3.99. The average molecular weight is 546 g/mol. The molecule has 0 spiro atoms. The molecule has 2 aromatic heterocycles. The molecule has 3 atom stereocenters. The summed E-state index contributed by atoms with van der Waals surface area (Å²) in [6, 6.07) is 4.51. The lowest BCUT2D eigenvalue weighted by Gasteiger charge is -2.42. The summed E-state index contributed by atoms with van der Waals surface area (Å²) in [4.78, 5) is 32.9. The van der Waals surface area contributed by atoms with Crippen LogP contribution in [0.2, 0.25) is 0 Å². The molecule has 3 aliphatic rings. The first kappa shape index (κ1) is 27.6. The molecule has 2 aromatic rings. The number of piperidine rings is 1. The molecule has 3 fully saturated rings. The van der Waals surface area contributed by atoms with Crippen molar-refractivity contribution in [3.8, 4) is 0 Å². The van der Waals surface area contributed by atoms with E-state index in [9.17, 15) is 18.0 Å². The fourth-order valence-corrected chi connectivity index (χ4v) is 6.49. The van der Waals surface area contributed by atoms with Crippen LogP contribution in [0.4, 0.5) is 24.9 Å². The molecule has 1 saturated carbocycles. The normalized spacial score (nSPS) is 26.4. The summed E-state index contributed by atoms with van der Waals surface area (Å²) in [7, 11) is 0. The fraction of sp³-hybridized carbons (Fsp3) is 0.643. The van der Waals surface area contributed by atoms with Gasteiger partial charge in [0.05, 0.1) is 11.0 Å². The van der Waals surface area contributed by atoms with Crippen molar-refractivity contribution in [2.75, 3.05) is 49.1 Å². The minimum Gasteiger partial charge on any atom is -0.353 e. The molecule has 2 saturated heterocycles. The van der Waals surface area contributed by atoms with Crippen molar-refractivity contribution in [2.24, 2.45) is 11.3 Å². The molecule has 11 heteroatoms. The summed E-state index contributed by atoms with van der Waals surface area (Å²) in [5, 5.41) is 3.85. The molecule has 5 rings (SSSR count). The Hall–Kier alpha value is -2.95. The Bertz CT molecular complexity index is 1120. The lowest BCUT2D eigenvalue weighted by molar-refractivity contribution is -0.145. The topological polar surface area (TPSA) is 77.5 Å². The van der Waals surface area contributed by atoms with Gasteiger partial charge in [0.2, 0.25) is 11.9 Å². The van der Waals surface area contributed by atoms with E-state index in [4.69, 9.17) is 0 Å². The van der Waals surface area contributed by atoms with E-state index in [1.165, 1.54) is 6.20 Å². The number of aromatic nitrogens is 3. The Morgan fingerprint density at radius 1 is 1.00 bits per heavy atom. The van der Waals surface area contributed by atoms with E-state index in [0.29, 0.717) is 38.0 Å². The van der Waals surface area contributed by atoms with Crippen molar-refractivity contribution in [1.82, 2.24) is 25.2 Å². The number of hydrogen-bond acceptors (Lipinski definition) is 7. The van der Waals surface area contributed by atoms with Crippen LogP contribution < -0.4 is 15.1 Å². The number of amides is 1. The summed E-state index contributed by atoms with van der Waals surface area (Å²) >= 11 is 0. The van der Waals surface area contributed by atoms with Gasteiger partial charge in [0, 0.05) is 69.9 Å². The standard InChI is InChI=1S/C28H38F3N7O/c1-20(2)27(8-6-22(18-27)35-23-5-3-12-38(19-23)26-33-9-4-10-34-26)25(39)37-15-13-36(14-16-37)24-17-21(7-11-32-24)28(29,30)31/h4,7,9-11,17,20,22-23,35H,3,5-6,8,12-16,18-19H2,1-2H3/t22-,23?,27+/m1/s1. The van der Waals surface area contributed by atoms with Crippen molar-refractivity contribution in [2.45, 2.75) is 64.2 Å². The van der Waals surface area contributed by atoms with Gasteiger partial charge in [0.1, 0.15) is 5.82 Å². The molecule has 1 aliphatic carbocycles. The van der Waals surface area contributed by atoms with Crippen LogP contribution in [0.1, 0.15) is 51.5 Å². The Balaban J connectivity index is 1.19. The van der Waals surface area contributed by atoms with Crippen LogP contribution in [0.5, 0.6) is 0 Å². The third-order valence-corrected chi connectivity index (χ3v) is 8.77. The molecule has 1 unspecified atom stereocenters. The third-order valence-electron chi connectivity index (χ3n) is 8.77. The molecule has 0 radical (unpaired) electrons. The number of carbonyl (C=O) groups excluding carboxylic acids is 1. The Labute approximate surface area is 228 Å². The van der Waals surface area contributed by atoms with Crippen LogP contribution in [0.3, 0.4) is 0 Å². The molecule has 2 aliphatic heterocycles. The van der Waals surface area contributed by atoms with Crippen molar-refractivity contribution >= 4 is 17.7 Å². The number of nitrogens with zero attached hydrogens (tertiary/aromatic N) is 6. The zero-order chi connectivity index (χ0) is 27.6. The monoisotopic (exact) mass is 545 g/mol. The second kappa shape index (κ2) is 11.3. The zero-order valence-electron chi connectivity index (χ0n) is 22.7.